The van der Waals surface area contributed by atoms with Crippen LogP contribution in [0.2, 0.25) is 0 Å². The smallest absolute Gasteiger partial charge is 0.177 e. The lowest BCUT2D eigenvalue weighted by atomic mass is 10.0. The highest BCUT2D eigenvalue weighted by Gasteiger charge is 2.26. The van der Waals surface area contributed by atoms with Gasteiger partial charge in [-0.25, -0.2) is 9.97 Å². The number of imidazole rings is 1. The molecule has 1 fully saturated rings. The molecule has 5 nitrogen and oxygen atoms in total. The third-order valence-electron chi connectivity index (χ3n) is 3.10. The highest BCUT2D eigenvalue weighted by molar-refractivity contribution is 5.73. The first-order valence-corrected chi connectivity index (χ1v) is 5.47. The van der Waals surface area contributed by atoms with Crippen LogP contribution in [-0.4, -0.2) is 44.7 Å². The Bertz CT molecular complexity index is 489. The van der Waals surface area contributed by atoms with Gasteiger partial charge in [0, 0.05) is 38.4 Å². The van der Waals surface area contributed by atoms with E-state index in [1.165, 1.54) is 5.56 Å². The molecule has 0 amide bonds. The van der Waals surface area contributed by atoms with Crippen LogP contribution >= 0.6 is 0 Å². The predicted molar refractivity (Wildman–Crippen MR) is 59.7 cm³/mol. The first kappa shape index (κ1) is 9.74. The second-order valence-electron chi connectivity index (χ2n) is 4.31. The van der Waals surface area contributed by atoms with E-state index < -0.39 is 0 Å². The third kappa shape index (κ3) is 1.58. The fraction of sp³-hybridized carbons (Fsp3) is 0.455. The topological polar surface area (TPSA) is 65.0 Å². The highest BCUT2D eigenvalue weighted by atomic mass is 16.3. The number of hydrogen-bond acceptors (Lipinski definition) is 4. The number of rotatable bonds is 3. The fourth-order valence-corrected chi connectivity index (χ4v) is 2.20. The van der Waals surface area contributed by atoms with Crippen molar-refractivity contribution in [2.45, 2.75) is 6.54 Å². The summed E-state index contributed by atoms with van der Waals surface area (Å²) in [4.78, 5) is 13.8. The number of aromatic nitrogens is 3. The number of aliphatic hydroxyl groups is 1. The first-order valence-electron chi connectivity index (χ1n) is 5.47. The summed E-state index contributed by atoms with van der Waals surface area (Å²) in [5, 5.41) is 8.96. The van der Waals surface area contributed by atoms with E-state index in [4.69, 9.17) is 5.11 Å². The van der Waals surface area contributed by atoms with E-state index in [1.807, 2.05) is 6.07 Å². The molecule has 0 saturated carbocycles. The quantitative estimate of drug-likeness (QED) is 0.781. The lowest BCUT2D eigenvalue weighted by molar-refractivity contribution is 0.0482. The molecule has 5 heteroatoms. The summed E-state index contributed by atoms with van der Waals surface area (Å²) in [6.07, 6.45) is 3.47. The van der Waals surface area contributed by atoms with Crippen molar-refractivity contribution in [3.8, 4) is 0 Å². The van der Waals surface area contributed by atoms with Gasteiger partial charge in [-0.1, -0.05) is 0 Å². The van der Waals surface area contributed by atoms with Crippen LogP contribution in [-0.2, 0) is 6.54 Å². The van der Waals surface area contributed by atoms with Crippen LogP contribution in [0.15, 0.2) is 18.6 Å². The number of hydrogen-bond donors (Lipinski definition) is 2. The highest BCUT2D eigenvalue weighted by Crippen LogP contribution is 2.20. The Hall–Kier alpha value is -1.46. The largest absolute Gasteiger partial charge is 0.396 e. The summed E-state index contributed by atoms with van der Waals surface area (Å²) < 4.78 is 0. The normalized spacial score (nSPS) is 17.8. The zero-order valence-electron chi connectivity index (χ0n) is 8.93. The van der Waals surface area contributed by atoms with Gasteiger partial charge in [-0.15, -0.1) is 0 Å². The Morgan fingerprint density at radius 1 is 1.44 bits per heavy atom. The van der Waals surface area contributed by atoms with E-state index in [2.05, 4.69) is 19.9 Å². The van der Waals surface area contributed by atoms with Crippen LogP contribution in [0.3, 0.4) is 0 Å². The van der Waals surface area contributed by atoms with Gasteiger partial charge < -0.3 is 10.1 Å². The Morgan fingerprint density at radius 2 is 2.31 bits per heavy atom. The summed E-state index contributed by atoms with van der Waals surface area (Å²) in [5.74, 6) is 0.457. The number of aliphatic hydroxyl groups excluding tert-OH is 1. The number of likely N-dealkylation sites (tertiary alicyclic amines) is 1. The zero-order chi connectivity index (χ0) is 11.0. The summed E-state index contributed by atoms with van der Waals surface area (Å²) in [6.45, 7) is 3.16. The zero-order valence-corrected chi connectivity index (χ0v) is 8.93. The molecule has 2 aromatic rings. The molecule has 1 saturated heterocycles. The fourth-order valence-electron chi connectivity index (χ4n) is 2.20. The average Bonchev–Trinajstić information content (AvgIpc) is 2.71. The van der Waals surface area contributed by atoms with E-state index in [0.29, 0.717) is 12.5 Å². The molecule has 1 aliphatic rings. The maximum atomic E-state index is 8.96. The van der Waals surface area contributed by atoms with Crippen molar-refractivity contribution >= 4 is 11.2 Å². The molecule has 0 aromatic carbocycles. The molecular formula is C11H14N4O. The number of H-pyrrole nitrogens is 1. The monoisotopic (exact) mass is 218 g/mol. The third-order valence-corrected chi connectivity index (χ3v) is 3.10. The second kappa shape index (κ2) is 3.84. The van der Waals surface area contributed by atoms with E-state index in [0.717, 1.165) is 30.8 Å². The summed E-state index contributed by atoms with van der Waals surface area (Å²) in [6, 6.07) is 2.02. The summed E-state index contributed by atoms with van der Waals surface area (Å²) in [7, 11) is 0. The van der Waals surface area contributed by atoms with Crippen LogP contribution in [0.25, 0.3) is 11.2 Å². The van der Waals surface area contributed by atoms with Gasteiger partial charge in [0.15, 0.2) is 5.65 Å². The van der Waals surface area contributed by atoms with Crippen molar-refractivity contribution in [3.63, 3.8) is 0 Å². The van der Waals surface area contributed by atoms with E-state index in [-0.39, 0.29) is 0 Å². The maximum absolute atomic E-state index is 8.96. The van der Waals surface area contributed by atoms with Crippen molar-refractivity contribution in [3.05, 3.63) is 24.2 Å². The van der Waals surface area contributed by atoms with Crippen molar-refractivity contribution in [2.75, 3.05) is 19.7 Å². The van der Waals surface area contributed by atoms with Crippen LogP contribution in [0.5, 0.6) is 0 Å². The lowest BCUT2D eigenvalue weighted by Crippen LogP contribution is -2.47. The number of pyridine rings is 1. The van der Waals surface area contributed by atoms with Gasteiger partial charge >= 0.3 is 0 Å². The molecule has 84 valence electrons. The average molecular weight is 218 g/mol. The molecule has 2 aromatic heterocycles. The standard InChI is InChI=1S/C11H14N4O/c16-6-8-3-15(4-8)5-9-1-2-12-11-10(9)13-7-14-11/h1-2,7-8,16H,3-6H2,(H,12,13,14). The minimum atomic E-state index is 0.298. The molecule has 0 bridgehead atoms. The van der Waals surface area contributed by atoms with Crippen LogP contribution in [0, 0.1) is 5.92 Å². The Kier molecular flexibility index (Phi) is 2.34. The SMILES string of the molecule is OCC1CN(Cc2ccnc3nc[nH]c23)C1. The van der Waals surface area contributed by atoms with Crippen molar-refractivity contribution in [2.24, 2.45) is 5.92 Å². The minimum Gasteiger partial charge on any atom is -0.396 e. The molecule has 0 radical (unpaired) electrons. The Morgan fingerprint density at radius 3 is 3.12 bits per heavy atom. The van der Waals surface area contributed by atoms with Gasteiger partial charge in [-0.2, -0.15) is 0 Å². The van der Waals surface area contributed by atoms with Gasteiger partial charge in [-0.05, 0) is 11.6 Å². The van der Waals surface area contributed by atoms with Gasteiger partial charge in [-0.3, -0.25) is 4.90 Å². The van der Waals surface area contributed by atoms with Gasteiger partial charge in [0.05, 0.1) is 11.8 Å². The van der Waals surface area contributed by atoms with Gasteiger partial charge in [0.1, 0.15) is 0 Å². The predicted octanol–water partition coefficient (Wildman–Crippen LogP) is 0.382. The van der Waals surface area contributed by atoms with Crippen molar-refractivity contribution < 1.29 is 5.11 Å². The lowest BCUT2D eigenvalue weighted by Gasteiger charge is -2.38. The van der Waals surface area contributed by atoms with Crippen LogP contribution < -0.4 is 0 Å². The van der Waals surface area contributed by atoms with Gasteiger partial charge in [0.25, 0.3) is 0 Å². The molecule has 0 unspecified atom stereocenters. The summed E-state index contributed by atoms with van der Waals surface area (Å²) in [5.41, 5.74) is 3.02. The Balaban J connectivity index is 1.77. The molecule has 16 heavy (non-hydrogen) atoms. The first-order chi connectivity index (χ1) is 7.86. The van der Waals surface area contributed by atoms with Crippen LogP contribution in [0.1, 0.15) is 5.56 Å². The number of nitrogens with zero attached hydrogens (tertiary/aromatic N) is 3. The van der Waals surface area contributed by atoms with E-state index in [1.54, 1.807) is 12.5 Å². The number of nitrogens with one attached hydrogen (secondary N) is 1. The van der Waals surface area contributed by atoms with E-state index >= 15 is 0 Å². The molecule has 0 aliphatic carbocycles. The van der Waals surface area contributed by atoms with Gasteiger partial charge in [0.2, 0.25) is 0 Å². The molecule has 2 N–H and O–H groups in total. The molecule has 3 rings (SSSR count). The number of aromatic amines is 1. The van der Waals surface area contributed by atoms with Crippen LogP contribution in [0.4, 0.5) is 0 Å². The molecular weight excluding hydrogens is 204 g/mol. The second-order valence-corrected chi connectivity index (χ2v) is 4.31. The number of fused-ring (bicyclic) bond motifs is 1. The van der Waals surface area contributed by atoms with Crippen molar-refractivity contribution in [1.82, 2.24) is 19.9 Å². The molecule has 1 aliphatic heterocycles. The van der Waals surface area contributed by atoms with E-state index in [9.17, 15) is 0 Å². The minimum absolute atomic E-state index is 0.298. The summed E-state index contributed by atoms with van der Waals surface area (Å²) >= 11 is 0. The molecule has 3 heterocycles. The van der Waals surface area contributed by atoms with Crippen molar-refractivity contribution in [1.29, 1.82) is 0 Å². The maximum Gasteiger partial charge on any atom is 0.177 e. The molecule has 0 atom stereocenters. The molecule has 0 spiro atoms. The Labute approximate surface area is 93.1 Å².